The van der Waals surface area contributed by atoms with Crippen LogP contribution in [-0.2, 0) is 0 Å². The molecular weight excluding hydrogens is 230 g/mol. The van der Waals surface area contributed by atoms with Crippen LogP contribution in [0.4, 0.5) is 0 Å². The highest BCUT2D eigenvalue weighted by Gasteiger charge is 2.03. The Morgan fingerprint density at radius 2 is 1.65 bits per heavy atom. The number of thioether (sulfide) groups is 1. The molecule has 0 saturated heterocycles. The van der Waals surface area contributed by atoms with E-state index < -0.39 is 0 Å². The van der Waals surface area contributed by atoms with Crippen molar-refractivity contribution in [3.8, 4) is 5.75 Å². The molecule has 1 N–H and O–H groups in total. The highest BCUT2D eigenvalue weighted by molar-refractivity contribution is 8.14. The third kappa shape index (κ3) is 3.11. The number of ether oxygens (including phenoxy) is 1. The van der Waals surface area contributed by atoms with Gasteiger partial charge in [-0.2, -0.15) is 0 Å². The maximum Gasteiger partial charge on any atom is 0.118 e. The van der Waals surface area contributed by atoms with Crippen LogP contribution in [0.5, 0.6) is 5.75 Å². The Kier molecular flexibility index (Phi) is 3.83. The maximum absolute atomic E-state index is 8.02. The molecule has 0 aromatic heterocycles. The van der Waals surface area contributed by atoms with E-state index in [0.29, 0.717) is 5.04 Å². The van der Waals surface area contributed by atoms with Crippen molar-refractivity contribution < 1.29 is 4.74 Å². The van der Waals surface area contributed by atoms with E-state index in [1.54, 1.807) is 7.11 Å². The number of methoxy groups -OCH3 is 1. The highest BCUT2D eigenvalue weighted by Crippen LogP contribution is 2.23. The van der Waals surface area contributed by atoms with Crippen LogP contribution >= 0.6 is 11.8 Å². The van der Waals surface area contributed by atoms with Crippen molar-refractivity contribution >= 4 is 16.8 Å². The molecule has 2 aromatic rings. The van der Waals surface area contributed by atoms with Crippen molar-refractivity contribution in [1.82, 2.24) is 0 Å². The van der Waals surface area contributed by atoms with E-state index in [0.717, 1.165) is 16.2 Å². The molecule has 2 nitrogen and oxygen atoms in total. The molecule has 0 saturated carbocycles. The van der Waals surface area contributed by atoms with E-state index in [9.17, 15) is 0 Å². The fourth-order valence-corrected chi connectivity index (χ4v) is 2.19. The summed E-state index contributed by atoms with van der Waals surface area (Å²) in [4.78, 5) is 1.08. The summed E-state index contributed by atoms with van der Waals surface area (Å²) in [7, 11) is 1.64. The summed E-state index contributed by atoms with van der Waals surface area (Å²) in [6.07, 6.45) is 0. The van der Waals surface area contributed by atoms with Gasteiger partial charge in [0.15, 0.2) is 0 Å². The Morgan fingerprint density at radius 1 is 1.00 bits per heavy atom. The van der Waals surface area contributed by atoms with Crippen molar-refractivity contribution in [2.75, 3.05) is 7.11 Å². The average Bonchev–Trinajstić information content (AvgIpc) is 2.40. The molecule has 0 amide bonds. The second-order valence-electron chi connectivity index (χ2n) is 3.47. The van der Waals surface area contributed by atoms with Crippen LogP contribution in [-0.4, -0.2) is 12.2 Å². The quantitative estimate of drug-likeness (QED) is 0.505. The predicted molar refractivity (Wildman–Crippen MR) is 72.1 cm³/mol. The van der Waals surface area contributed by atoms with Crippen LogP contribution < -0.4 is 4.74 Å². The lowest BCUT2D eigenvalue weighted by molar-refractivity contribution is 0.415. The molecule has 0 aliphatic rings. The minimum absolute atomic E-state index is 0.541. The molecule has 0 bridgehead atoms. The van der Waals surface area contributed by atoms with Crippen LogP contribution in [0, 0.1) is 5.41 Å². The van der Waals surface area contributed by atoms with Crippen LogP contribution in [0.2, 0.25) is 0 Å². The lowest BCUT2D eigenvalue weighted by Gasteiger charge is -2.05. The van der Waals surface area contributed by atoms with Gasteiger partial charge < -0.3 is 4.74 Å². The van der Waals surface area contributed by atoms with Gasteiger partial charge >= 0.3 is 0 Å². The van der Waals surface area contributed by atoms with Gasteiger partial charge in [0.25, 0.3) is 0 Å². The van der Waals surface area contributed by atoms with Gasteiger partial charge in [0.05, 0.1) is 12.2 Å². The Balaban J connectivity index is 2.09. The number of rotatable bonds is 3. The Morgan fingerprint density at radius 3 is 2.24 bits per heavy atom. The van der Waals surface area contributed by atoms with Crippen molar-refractivity contribution in [3.63, 3.8) is 0 Å². The molecule has 0 spiro atoms. The summed E-state index contributed by atoms with van der Waals surface area (Å²) in [6, 6.07) is 17.5. The van der Waals surface area contributed by atoms with E-state index in [-0.39, 0.29) is 0 Å². The van der Waals surface area contributed by atoms with Crippen LogP contribution in [0.25, 0.3) is 0 Å². The standard InChI is InChI=1S/C14H13NOS/c1-16-12-9-7-11(8-10-12)14(15)17-13-5-3-2-4-6-13/h2-10,15H,1H3. The molecule has 3 heteroatoms. The minimum atomic E-state index is 0.541. The second-order valence-corrected chi connectivity index (χ2v) is 4.56. The number of benzene rings is 2. The largest absolute Gasteiger partial charge is 0.497 e. The van der Waals surface area contributed by atoms with E-state index in [1.807, 2.05) is 54.6 Å². The third-order valence-electron chi connectivity index (χ3n) is 2.32. The number of hydrogen-bond acceptors (Lipinski definition) is 3. The third-order valence-corrected chi connectivity index (χ3v) is 3.26. The summed E-state index contributed by atoms with van der Waals surface area (Å²) in [5.74, 6) is 0.811. The van der Waals surface area contributed by atoms with Gasteiger partial charge in [-0.15, -0.1) is 0 Å². The Labute approximate surface area is 105 Å². The topological polar surface area (TPSA) is 33.1 Å². The molecule has 0 fully saturated rings. The molecule has 0 heterocycles. The smallest absolute Gasteiger partial charge is 0.118 e. The van der Waals surface area contributed by atoms with E-state index in [4.69, 9.17) is 10.1 Å². The zero-order valence-corrected chi connectivity index (χ0v) is 10.3. The summed E-state index contributed by atoms with van der Waals surface area (Å²) >= 11 is 1.45. The summed E-state index contributed by atoms with van der Waals surface area (Å²) < 4.78 is 5.09. The number of nitrogens with one attached hydrogen (secondary N) is 1. The monoisotopic (exact) mass is 243 g/mol. The zero-order valence-electron chi connectivity index (χ0n) is 9.51. The van der Waals surface area contributed by atoms with Gasteiger partial charge in [-0.3, -0.25) is 5.41 Å². The van der Waals surface area contributed by atoms with Gasteiger partial charge in [0.2, 0.25) is 0 Å². The minimum Gasteiger partial charge on any atom is -0.497 e. The number of hydrogen-bond donors (Lipinski definition) is 1. The maximum atomic E-state index is 8.02. The lowest BCUT2D eigenvalue weighted by Crippen LogP contribution is -1.93. The summed E-state index contributed by atoms with van der Waals surface area (Å²) in [6.45, 7) is 0. The zero-order chi connectivity index (χ0) is 12.1. The normalized spacial score (nSPS) is 9.94. The summed E-state index contributed by atoms with van der Waals surface area (Å²) in [5, 5.41) is 8.56. The fourth-order valence-electron chi connectivity index (χ4n) is 1.41. The SMILES string of the molecule is COc1ccc(C(=N)Sc2ccccc2)cc1. The first-order valence-electron chi connectivity index (χ1n) is 5.25. The van der Waals surface area contributed by atoms with Gasteiger partial charge in [-0.05, 0) is 36.4 Å². The molecule has 17 heavy (non-hydrogen) atoms. The highest BCUT2D eigenvalue weighted by atomic mass is 32.2. The second kappa shape index (κ2) is 5.55. The van der Waals surface area contributed by atoms with Crippen LogP contribution in [0.15, 0.2) is 59.5 Å². The molecule has 0 unspecified atom stereocenters. The molecular formula is C14H13NOS. The first kappa shape index (κ1) is 11.7. The molecule has 0 aliphatic carbocycles. The van der Waals surface area contributed by atoms with Gasteiger partial charge in [-0.1, -0.05) is 30.0 Å². The molecule has 0 radical (unpaired) electrons. The molecule has 0 aliphatic heterocycles. The van der Waals surface area contributed by atoms with E-state index >= 15 is 0 Å². The first-order valence-corrected chi connectivity index (χ1v) is 6.07. The van der Waals surface area contributed by atoms with Crippen molar-refractivity contribution in [2.45, 2.75) is 4.90 Å². The molecule has 2 aromatic carbocycles. The van der Waals surface area contributed by atoms with Crippen molar-refractivity contribution in [2.24, 2.45) is 0 Å². The van der Waals surface area contributed by atoms with Crippen molar-refractivity contribution in [1.29, 1.82) is 5.41 Å². The van der Waals surface area contributed by atoms with E-state index in [1.165, 1.54) is 11.8 Å². The van der Waals surface area contributed by atoms with Crippen LogP contribution in [0.1, 0.15) is 5.56 Å². The average molecular weight is 243 g/mol. The van der Waals surface area contributed by atoms with E-state index in [2.05, 4.69) is 0 Å². The molecule has 2 rings (SSSR count). The van der Waals surface area contributed by atoms with Gasteiger partial charge in [0.1, 0.15) is 5.75 Å². The van der Waals surface area contributed by atoms with Crippen LogP contribution in [0.3, 0.4) is 0 Å². The molecule has 0 atom stereocenters. The van der Waals surface area contributed by atoms with Crippen molar-refractivity contribution in [3.05, 3.63) is 60.2 Å². The predicted octanol–water partition coefficient (Wildman–Crippen LogP) is 3.81. The Hall–Kier alpha value is -1.74. The van der Waals surface area contributed by atoms with Gasteiger partial charge in [-0.25, -0.2) is 0 Å². The lowest BCUT2D eigenvalue weighted by atomic mass is 10.2. The van der Waals surface area contributed by atoms with Gasteiger partial charge in [0, 0.05) is 10.5 Å². The fraction of sp³-hybridized carbons (Fsp3) is 0.0714. The first-order chi connectivity index (χ1) is 8.29. The molecule has 86 valence electrons. The Bertz CT molecular complexity index is 493. The summed E-state index contributed by atoms with van der Waals surface area (Å²) in [5.41, 5.74) is 0.902.